The van der Waals surface area contributed by atoms with Crippen molar-refractivity contribution in [3.05, 3.63) is 0 Å². The zero-order chi connectivity index (χ0) is 12.7. The smallest absolute Gasteiger partial charge is 0.276 e. The molecule has 1 fully saturated rings. The molecule has 5 nitrogen and oxygen atoms in total. The van der Waals surface area contributed by atoms with Crippen LogP contribution >= 0.6 is 0 Å². The predicted octanol–water partition coefficient (Wildman–Crippen LogP) is 0.599. The molecule has 2 atom stereocenters. The SMILES string of the molecule is CCCNS(=O)(=O)NCC1NCCCC1CC. The first-order valence-corrected chi connectivity index (χ1v) is 8.05. The van der Waals surface area contributed by atoms with E-state index in [-0.39, 0.29) is 6.04 Å². The van der Waals surface area contributed by atoms with Crippen molar-refractivity contribution in [1.29, 1.82) is 0 Å². The summed E-state index contributed by atoms with van der Waals surface area (Å²) in [6.45, 7) is 6.07. The van der Waals surface area contributed by atoms with Crippen LogP contribution in [-0.4, -0.2) is 34.1 Å². The Morgan fingerprint density at radius 2 is 2.06 bits per heavy atom. The van der Waals surface area contributed by atoms with Gasteiger partial charge in [0.1, 0.15) is 0 Å². The van der Waals surface area contributed by atoms with E-state index < -0.39 is 10.2 Å². The van der Waals surface area contributed by atoms with Crippen molar-refractivity contribution >= 4 is 10.2 Å². The van der Waals surface area contributed by atoms with Crippen LogP contribution in [0.5, 0.6) is 0 Å². The number of hydrogen-bond acceptors (Lipinski definition) is 3. The molecule has 2 unspecified atom stereocenters. The third kappa shape index (κ3) is 5.33. The minimum atomic E-state index is -3.31. The maximum Gasteiger partial charge on any atom is 0.276 e. The van der Waals surface area contributed by atoms with Gasteiger partial charge in [-0.1, -0.05) is 20.3 Å². The normalized spacial score (nSPS) is 26.0. The van der Waals surface area contributed by atoms with Crippen molar-refractivity contribution in [2.24, 2.45) is 5.92 Å². The highest BCUT2D eigenvalue weighted by atomic mass is 32.2. The van der Waals surface area contributed by atoms with Gasteiger partial charge in [-0.25, -0.2) is 9.44 Å². The van der Waals surface area contributed by atoms with E-state index in [9.17, 15) is 8.42 Å². The van der Waals surface area contributed by atoms with Crippen LogP contribution in [0.15, 0.2) is 0 Å². The third-order valence-corrected chi connectivity index (χ3v) is 4.42. The molecule has 1 aliphatic heterocycles. The van der Waals surface area contributed by atoms with Gasteiger partial charge in [0.15, 0.2) is 0 Å². The van der Waals surface area contributed by atoms with E-state index in [0.717, 1.165) is 19.4 Å². The van der Waals surface area contributed by atoms with Crippen LogP contribution in [0.2, 0.25) is 0 Å². The summed E-state index contributed by atoms with van der Waals surface area (Å²) in [7, 11) is -3.31. The fraction of sp³-hybridized carbons (Fsp3) is 1.00. The summed E-state index contributed by atoms with van der Waals surface area (Å²) < 4.78 is 28.3. The summed E-state index contributed by atoms with van der Waals surface area (Å²) >= 11 is 0. The van der Waals surface area contributed by atoms with E-state index in [1.807, 2.05) is 6.92 Å². The zero-order valence-corrected chi connectivity index (χ0v) is 11.6. The zero-order valence-electron chi connectivity index (χ0n) is 10.8. The minimum Gasteiger partial charge on any atom is -0.312 e. The Kier molecular flexibility index (Phi) is 6.40. The quantitative estimate of drug-likeness (QED) is 0.630. The van der Waals surface area contributed by atoms with Crippen LogP contribution in [0.4, 0.5) is 0 Å². The highest BCUT2D eigenvalue weighted by Gasteiger charge is 2.24. The molecule has 0 aromatic heterocycles. The van der Waals surface area contributed by atoms with Crippen LogP contribution in [0.25, 0.3) is 0 Å². The third-order valence-electron chi connectivity index (χ3n) is 3.29. The summed E-state index contributed by atoms with van der Waals surface area (Å²) in [4.78, 5) is 0. The average molecular weight is 263 g/mol. The molecule has 3 N–H and O–H groups in total. The lowest BCUT2D eigenvalue weighted by Crippen LogP contribution is -2.50. The van der Waals surface area contributed by atoms with Gasteiger partial charge < -0.3 is 5.32 Å². The van der Waals surface area contributed by atoms with Gasteiger partial charge in [0.05, 0.1) is 0 Å². The predicted molar refractivity (Wildman–Crippen MR) is 70.0 cm³/mol. The minimum absolute atomic E-state index is 0.270. The van der Waals surface area contributed by atoms with Gasteiger partial charge in [0, 0.05) is 19.1 Å². The van der Waals surface area contributed by atoms with Crippen LogP contribution in [0.1, 0.15) is 39.5 Å². The summed E-state index contributed by atoms with van der Waals surface area (Å²) in [5.74, 6) is 0.581. The van der Waals surface area contributed by atoms with Gasteiger partial charge in [0.25, 0.3) is 10.2 Å². The van der Waals surface area contributed by atoms with Crippen LogP contribution in [-0.2, 0) is 10.2 Å². The molecule has 1 aliphatic rings. The summed E-state index contributed by atoms with van der Waals surface area (Å²) in [5.41, 5.74) is 0. The molecule has 0 aliphatic carbocycles. The molecule has 0 aromatic carbocycles. The lowest BCUT2D eigenvalue weighted by molar-refractivity contribution is 0.273. The largest absolute Gasteiger partial charge is 0.312 e. The maximum absolute atomic E-state index is 11.6. The van der Waals surface area contributed by atoms with Gasteiger partial charge >= 0.3 is 0 Å². The molecule has 6 heteroatoms. The first-order chi connectivity index (χ1) is 8.09. The fourth-order valence-electron chi connectivity index (χ4n) is 2.23. The first-order valence-electron chi connectivity index (χ1n) is 6.56. The molecule has 0 saturated carbocycles. The van der Waals surface area contributed by atoms with E-state index in [1.165, 1.54) is 12.8 Å². The topological polar surface area (TPSA) is 70.2 Å². The van der Waals surface area contributed by atoms with Crippen LogP contribution in [0, 0.1) is 5.92 Å². The highest BCUT2D eigenvalue weighted by Crippen LogP contribution is 2.19. The van der Waals surface area contributed by atoms with E-state index in [0.29, 0.717) is 19.0 Å². The Hall–Kier alpha value is -0.170. The standard InChI is InChI=1S/C11H25N3O2S/c1-3-7-13-17(15,16)14-9-11-10(4-2)6-5-8-12-11/h10-14H,3-9H2,1-2H3. The Labute approximate surface area is 105 Å². The molecule has 102 valence electrons. The Morgan fingerprint density at radius 3 is 2.71 bits per heavy atom. The molecule has 0 radical (unpaired) electrons. The lowest BCUT2D eigenvalue weighted by Gasteiger charge is -2.32. The van der Waals surface area contributed by atoms with Crippen molar-refractivity contribution in [2.75, 3.05) is 19.6 Å². The van der Waals surface area contributed by atoms with Gasteiger partial charge in [-0.05, 0) is 31.7 Å². The van der Waals surface area contributed by atoms with Crippen molar-refractivity contribution in [2.45, 2.75) is 45.6 Å². The molecule has 1 heterocycles. The average Bonchev–Trinajstić information content (AvgIpc) is 2.34. The summed E-state index contributed by atoms with van der Waals surface area (Å²) in [5, 5.41) is 3.39. The van der Waals surface area contributed by atoms with Gasteiger partial charge in [-0.3, -0.25) is 0 Å². The Morgan fingerprint density at radius 1 is 1.29 bits per heavy atom. The molecule has 17 heavy (non-hydrogen) atoms. The summed E-state index contributed by atoms with van der Waals surface area (Å²) in [6.07, 6.45) is 4.29. The first kappa shape index (κ1) is 14.9. The van der Waals surface area contributed by atoms with Crippen molar-refractivity contribution < 1.29 is 8.42 Å². The van der Waals surface area contributed by atoms with Crippen LogP contribution < -0.4 is 14.8 Å². The number of nitrogens with one attached hydrogen (secondary N) is 3. The lowest BCUT2D eigenvalue weighted by atomic mass is 9.89. The van der Waals surface area contributed by atoms with E-state index in [1.54, 1.807) is 0 Å². The molecule has 1 saturated heterocycles. The molecule has 0 amide bonds. The fourth-order valence-corrected chi connectivity index (χ4v) is 3.21. The second-order valence-electron chi connectivity index (χ2n) is 4.62. The highest BCUT2D eigenvalue weighted by molar-refractivity contribution is 7.87. The molecule has 0 aromatic rings. The van der Waals surface area contributed by atoms with Crippen molar-refractivity contribution in [1.82, 2.24) is 14.8 Å². The molecule has 0 spiro atoms. The number of hydrogen-bond donors (Lipinski definition) is 3. The van der Waals surface area contributed by atoms with Crippen LogP contribution in [0.3, 0.4) is 0 Å². The second kappa shape index (κ2) is 7.31. The van der Waals surface area contributed by atoms with E-state index in [2.05, 4.69) is 21.7 Å². The summed E-state index contributed by atoms with van der Waals surface area (Å²) in [6, 6.07) is 0.270. The Bertz CT molecular complexity index is 306. The van der Waals surface area contributed by atoms with Gasteiger partial charge in [0.2, 0.25) is 0 Å². The number of piperidine rings is 1. The molecule has 0 bridgehead atoms. The molecular formula is C11H25N3O2S. The van der Waals surface area contributed by atoms with Gasteiger partial charge in [-0.2, -0.15) is 8.42 Å². The Balaban J connectivity index is 2.37. The van der Waals surface area contributed by atoms with E-state index in [4.69, 9.17) is 0 Å². The number of rotatable bonds is 7. The maximum atomic E-state index is 11.6. The monoisotopic (exact) mass is 263 g/mol. The second-order valence-corrected chi connectivity index (χ2v) is 6.20. The molecule has 1 rings (SSSR count). The van der Waals surface area contributed by atoms with Crippen molar-refractivity contribution in [3.8, 4) is 0 Å². The van der Waals surface area contributed by atoms with Crippen molar-refractivity contribution in [3.63, 3.8) is 0 Å². The molecular weight excluding hydrogens is 238 g/mol. The van der Waals surface area contributed by atoms with E-state index >= 15 is 0 Å². The van der Waals surface area contributed by atoms with Gasteiger partial charge in [-0.15, -0.1) is 0 Å².